The van der Waals surface area contributed by atoms with Crippen molar-refractivity contribution in [3.63, 3.8) is 0 Å². The molecule has 0 aliphatic rings. The van der Waals surface area contributed by atoms with Crippen LogP contribution in [0.15, 0.2) is 30.5 Å². The van der Waals surface area contributed by atoms with E-state index in [1.54, 1.807) is 23.0 Å². The van der Waals surface area contributed by atoms with Crippen molar-refractivity contribution < 1.29 is 9.13 Å². The highest BCUT2D eigenvalue weighted by Crippen LogP contribution is 2.24. The number of anilines is 1. The zero-order chi connectivity index (χ0) is 13.8. The Morgan fingerprint density at radius 1 is 1.42 bits per heavy atom. The van der Waals surface area contributed by atoms with Crippen LogP contribution in [0, 0.1) is 5.82 Å². The number of rotatable bonds is 5. The topological polar surface area (TPSA) is 39.1 Å². The first-order valence-electron chi connectivity index (χ1n) is 6.28. The number of aryl methyl sites for hydroxylation is 1. The van der Waals surface area contributed by atoms with Crippen LogP contribution in [0.2, 0.25) is 0 Å². The number of ether oxygens (including phenoxy) is 1. The Bertz CT molecular complexity index is 553. The normalized spacial score (nSPS) is 12.2. The molecule has 0 saturated heterocycles. The molecule has 0 aliphatic heterocycles. The molecule has 0 saturated carbocycles. The highest BCUT2D eigenvalue weighted by atomic mass is 19.1. The van der Waals surface area contributed by atoms with Gasteiger partial charge in [0.2, 0.25) is 0 Å². The van der Waals surface area contributed by atoms with Gasteiger partial charge in [-0.25, -0.2) is 4.39 Å². The highest BCUT2D eigenvalue weighted by molar-refractivity contribution is 5.48. The second kappa shape index (κ2) is 5.73. The molecule has 0 radical (unpaired) electrons. The average Bonchev–Trinajstić information content (AvgIpc) is 2.79. The maximum absolute atomic E-state index is 13.7. The van der Waals surface area contributed by atoms with E-state index in [0.717, 1.165) is 11.4 Å². The molecule has 1 aromatic heterocycles. The third kappa shape index (κ3) is 3.05. The van der Waals surface area contributed by atoms with E-state index in [1.165, 1.54) is 6.07 Å². The molecule has 0 spiro atoms. The first-order valence-corrected chi connectivity index (χ1v) is 6.28. The smallest absolute Gasteiger partial charge is 0.167 e. The molecule has 0 aliphatic carbocycles. The molecule has 2 aromatic rings. The summed E-state index contributed by atoms with van der Waals surface area (Å²) in [6.07, 6.45) is 1.74. The summed E-state index contributed by atoms with van der Waals surface area (Å²) >= 11 is 0. The molecule has 5 heteroatoms. The van der Waals surface area contributed by atoms with E-state index in [4.69, 9.17) is 4.74 Å². The third-order valence-electron chi connectivity index (χ3n) is 2.92. The highest BCUT2D eigenvalue weighted by Gasteiger charge is 2.10. The van der Waals surface area contributed by atoms with E-state index in [-0.39, 0.29) is 17.6 Å². The van der Waals surface area contributed by atoms with Gasteiger partial charge in [-0.05, 0) is 32.0 Å². The van der Waals surface area contributed by atoms with E-state index in [1.807, 2.05) is 27.0 Å². The summed E-state index contributed by atoms with van der Waals surface area (Å²) in [5.74, 6) is -0.0784. The fourth-order valence-electron chi connectivity index (χ4n) is 2.00. The monoisotopic (exact) mass is 263 g/mol. The van der Waals surface area contributed by atoms with Gasteiger partial charge >= 0.3 is 0 Å². The van der Waals surface area contributed by atoms with Crippen molar-refractivity contribution in [1.29, 1.82) is 0 Å². The Morgan fingerprint density at radius 2 is 2.21 bits per heavy atom. The summed E-state index contributed by atoms with van der Waals surface area (Å²) < 4.78 is 20.7. The Labute approximate surface area is 112 Å². The molecule has 4 nitrogen and oxygen atoms in total. The molecule has 1 N–H and O–H groups in total. The maximum Gasteiger partial charge on any atom is 0.167 e. The third-order valence-corrected chi connectivity index (χ3v) is 2.92. The minimum atomic E-state index is -0.357. The molecule has 1 atom stereocenters. The van der Waals surface area contributed by atoms with Crippen LogP contribution in [-0.4, -0.2) is 16.4 Å². The second-order valence-corrected chi connectivity index (χ2v) is 4.32. The first kappa shape index (κ1) is 13.4. The SMILES string of the molecule is CCOc1ccc(NC(C)c2ccnn2C)cc1F. The largest absolute Gasteiger partial charge is 0.491 e. The van der Waals surface area contributed by atoms with Crippen LogP contribution in [-0.2, 0) is 7.05 Å². The molecule has 1 heterocycles. The van der Waals surface area contributed by atoms with E-state index in [9.17, 15) is 4.39 Å². The Balaban J connectivity index is 2.11. The van der Waals surface area contributed by atoms with Gasteiger partial charge < -0.3 is 10.1 Å². The van der Waals surface area contributed by atoms with Gasteiger partial charge in [0.25, 0.3) is 0 Å². The standard InChI is InChI=1S/C14H18FN3O/c1-4-19-14-6-5-11(9-12(14)15)17-10(2)13-7-8-16-18(13)3/h5-10,17H,4H2,1-3H3. The van der Waals surface area contributed by atoms with Gasteiger partial charge in [-0.3, -0.25) is 4.68 Å². The zero-order valence-corrected chi connectivity index (χ0v) is 11.4. The number of nitrogens with one attached hydrogen (secondary N) is 1. The minimum Gasteiger partial charge on any atom is -0.491 e. The van der Waals surface area contributed by atoms with Crippen molar-refractivity contribution in [2.75, 3.05) is 11.9 Å². The minimum absolute atomic E-state index is 0.0462. The summed E-state index contributed by atoms with van der Waals surface area (Å²) in [5, 5.41) is 7.36. The van der Waals surface area contributed by atoms with Crippen molar-refractivity contribution >= 4 is 5.69 Å². The number of nitrogens with zero attached hydrogens (tertiary/aromatic N) is 2. The van der Waals surface area contributed by atoms with Crippen LogP contribution in [0.1, 0.15) is 25.6 Å². The van der Waals surface area contributed by atoms with E-state index in [0.29, 0.717) is 6.61 Å². The Hall–Kier alpha value is -2.04. The van der Waals surface area contributed by atoms with Gasteiger partial charge in [-0.1, -0.05) is 0 Å². The average molecular weight is 263 g/mol. The van der Waals surface area contributed by atoms with E-state index in [2.05, 4.69) is 10.4 Å². The Kier molecular flexibility index (Phi) is 4.04. The van der Waals surface area contributed by atoms with E-state index >= 15 is 0 Å². The molecular weight excluding hydrogens is 245 g/mol. The summed E-state index contributed by atoms with van der Waals surface area (Å²) in [6, 6.07) is 6.86. The van der Waals surface area contributed by atoms with Crippen LogP contribution in [0.5, 0.6) is 5.75 Å². The maximum atomic E-state index is 13.7. The van der Waals surface area contributed by atoms with Crippen molar-refractivity contribution in [2.45, 2.75) is 19.9 Å². The predicted molar refractivity (Wildman–Crippen MR) is 72.8 cm³/mol. The van der Waals surface area contributed by atoms with Gasteiger partial charge in [-0.15, -0.1) is 0 Å². The first-order chi connectivity index (χ1) is 9.11. The zero-order valence-electron chi connectivity index (χ0n) is 11.4. The molecule has 1 unspecified atom stereocenters. The van der Waals surface area contributed by atoms with Crippen LogP contribution >= 0.6 is 0 Å². The molecule has 1 aromatic carbocycles. The van der Waals surface area contributed by atoms with Crippen molar-refractivity contribution in [1.82, 2.24) is 9.78 Å². The van der Waals surface area contributed by atoms with Crippen LogP contribution < -0.4 is 10.1 Å². The lowest BCUT2D eigenvalue weighted by Gasteiger charge is -2.16. The number of halogens is 1. The lowest BCUT2D eigenvalue weighted by Crippen LogP contribution is -2.11. The lowest BCUT2D eigenvalue weighted by molar-refractivity contribution is 0.321. The van der Waals surface area contributed by atoms with Crippen molar-refractivity contribution in [3.05, 3.63) is 42.0 Å². The van der Waals surface area contributed by atoms with Crippen LogP contribution in [0.4, 0.5) is 10.1 Å². The fraction of sp³-hybridized carbons (Fsp3) is 0.357. The van der Waals surface area contributed by atoms with Crippen molar-refractivity contribution in [2.24, 2.45) is 7.05 Å². The number of hydrogen-bond donors (Lipinski definition) is 1. The quantitative estimate of drug-likeness (QED) is 0.900. The van der Waals surface area contributed by atoms with Crippen LogP contribution in [0.25, 0.3) is 0 Å². The summed E-state index contributed by atoms with van der Waals surface area (Å²) in [7, 11) is 1.88. The summed E-state index contributed by atoms with van der Waals surface area (Å²) in [5.41, 5.74) is 1.75. The van der Waals surface area contributed by atoms with Gasteiger partial charge in [0.15, 0.2) is 11.6 Å². The van der Waals surface area contributed by atoms with Gasteiger partial charge in [0.05, 0.1) is 18.3 Å². The Morgan fingerprint density at radius 3 is 2.79 bits per heavy atom. The molecule has 2 rings (SSSR count). The molecule has 0 fully saturated rings. The number of benzene rings is 1. The second-order valence-electron chi connectivity index (χ2n) is 4.32. The molecule has 0 bridgehead atoms. The fourth-order valence-corrected chi connectivity index (χ4v) is 2.00. The van der Waals surface area contributed by atoms with Crippen LogP contribution in [0.3, 0.4) is 0 Å². The summed E-state index contributed by atoms with van der Waals surface area (Å²) in [4.78, 5) is 0. The number of aromatic nitrogens is 2. The lowest BCUT2D eigenvalue weighted by atomic mass is 10.2. The summed E-state index contributed by atoms with van der Waals surface area (Å²) in [6.45, 7) is 4.29. The molecule has 0 amide bonds. The molecule has 102 valence electrons. The van der Waals surface area contributed by atoms with Gasteiger partial charge in [0.1, 0.15) is 0 Å². The van der Waals surface area contributed by atoms with Gasteiger partial charge in [0, 0.05) is 25.0 Å². The molecular formula is C14H18FN3O. The van der Waals surface area contributed by atoms with E-state index < -0.39 is 0 Å². The van der Waals surface area contributed by atoms with Crippen molar-refractivity contribution in [3.8, 4) is 5.75 Å². The predicted octanol–water partition coefficient (Wildman–Crippen LogP) is 3.13. The number of hydrogen-bond acceptors (Lipinski definition) is 3. The van der Waals surface area contributed by atoms with Gasteiger partial charge in [-0.2, -0.15) is 5.10 Å². The molecule has 19 heavy (non-hydrogen) atoms.